The van der Waals surface area contributed by atoms with E-state index >= 15 is 0 Å². The van der Waals surface area contributed by atoms with Gasteiger partial charge in [-0.25, -0.2) is 4.39 Å². The summed E-state index contributed by atoms with van der Waals surface area (Å²) in [6.07, 6.45) is 0.113. The van der Waals surface area contributed by atoms with Crippen LogP contribution in [0.2, 0.25) is 0 Å². The van der Waals surface area contributed by atoms with Crippen LogP contribution >= 0.6 is 11.3 Å². The van der Waals surface area contributed by atoms with Crippen molar-refractivity contribution < 1.29 is 9.18 Å². The maximum absolute atomic E-state index is 13.0. The summed E-state index contributed by atoms with van der Waals surface area (Å²) in [5.41, 5.74) is 0.534. The molecule has 0 unspecified atom stereocenters. The molecule has 0 aliphatic heterocycles. The van der Waals surface area contributed by atoms with Gasteiger partial charge in [0.2, 0.25) is 11.0 Å². The highest BCUT2D eigenvalue weighted by Gasteiger charge is 2.20. The maximum Gasteiger partial charge on any atom is 0.230 e. The molecule has 2 aromatic rings. The standard InChI is InChI=1S/C14H16FN3OS/c1-14(2,3)12-17-18-13(20-12)16-11(19)8-9-5-4-6-10(15)7-9/h4-7H,8H2,1-3H3,(H,16,18,19). The van der Waals surface area contributed by atoms with Crippen LogP contribution in [0.5, 0.6) is 0 Å². The summed E-state index contributed by atoms with van der Waals surface area (Å²) < 4.78 is 13.0. The van der Waals surface area contributed by atoms with Crippen LogP contribution in [-0.2, 0) is 16.6 Å². The molecular formula is C14H16FN3OS. The van der Waals surface area contributed by atoms with Crippen molar-refractivity contribution in [3.05, 3.63) is 40.7 Å². The normalized spacial score (nSPS) is 11.4. The van der Waals surface area contributed by atoms with Crippen molar-refractivity contribution in [3.8, 4) is 0 Å². The van der Waals surface area contributed by atoms with Crippen LogP contribution in [0.3, 0.4) is 0 Å². The monoisotopic (exact) mass is 293 g/mol. The lowest BCUT2D eigenvalue weighted by molar-refractivity contribution is -0.115. The molecule has 0 bridgehead atoms. The molecule has 1 N–H and O–H groups in total. The van der Waals surface area contributed by atoms with Crippen molar-refractivity contribution in [2.24, 2.45) is 0 Å². The summed E-state index contributed by atoms with van der Waals surface area (Å²) in [5.74, 6) is -0.576. The molecule has 0 saturated heterocycles. The van der Waals surface area contributed by atoms with Crippen LogP contribution in [0.1, 0.15) is 31.3 Å². The van der Waals surface area contributed by atoms with E-state index < -0.39 is 0 Å². The molecule has 6 heteroatoms. The zero-order valence-electron chi connectivity index (χ0n) is 11.6. The molecule has 0 spiro atoms. The van der Waals surface area contributed by atoms with E-state index in [1.54, 1.807) is 12.1 Å². The molecule has 106 valence electrons. The SMILES string of the molecule is CC(C)(C)c1nnc(NC(=O)Cc2cccc(F)c2)s1. The van der Waals surface area contributed by atoms with Crippen LogP contribution in [0.25, 0.3) is 0 Å². The molecule has 0 saturated carbocycles. The average Bonchev–Trinajstić information content (AvgIpc) is 2.76. The first-order chi connectivity index (χ1) is 9.34. The van der Waals surface area contributed by atoms with E-state index in [0.29, 0.717) is 10.7 Å². The molecule has 0 atom stereocenters. The number of hydrogen-bond acceptors (Lipinski definition) is 4. The minimum Gasteiger partial charge on any atom is -0.300 e. The Labute approximate surface area is 121 Å². The summed E-state index contributed by atoms with van der Waals surface area (Å²) >= 11 is 1.35. The Morgan fingerprint density at radius 1 is 1.35 bits per heavy atom. The van der Waals surface area contributed by atoms with Gasteiger partial charge in [0, 0.05) is 5.41 Å². The number of nitrogens with one attached hydrogen (secondary N) is 1. The molecule has 1 aromatic carbocycles. The van der Waals surface area contributed by atoms with Crippen molar-refractivity contribution in [3.63, 3.8) is 0 Å². The predicted molar refractivity (Wildman–Crippen MR) is 77.3 cm³/mol. The number of benzene rings is 1. The second-order valence-electron chi connectivity index (χ2n) is 5.52. The van der Waals surface area contributed by atoms with Crippen molar-refractivity contribution in [2.45, 2.75) is 32.6 Å². The van der Waals surface area contributed by atoms with Crippen molar-refractivity contribution in [1.82, 2.24) is 10.2 Å². The Kier molecular flexibility index (Phi) is 4.13. The lowest BCUT2D eigenvalue weighted by Crippen LogP contribution is -2.14. The number of hydrogen-bond donors (Lipinski definition) is 1. The van der Waals surface area contributed by atoms with Crippen LogP contribution in [0.4, 0.5) is 9.52 Å². The summed E-state index contributed by atoms with van der Waals surface area (Å²) in [6.45, 7) is 6.10. The average molecular weight is 293 g/mol. The van der Waals surface area contributed by atoms with E-state index in [1.165, 1.54) is 23.5 Å². The highest BCUT2D eigenvalue weighted by molar-refractivity contribution is 7.15. The zero-order chi connectivity index (χ0) is 14.8. The Bertz CT molecular complexity index is 619. The van der Waals surface area contributed by atoms with Gasteiger partial charge < -0.3 is 5.32 Å². The fourth-order valence-corrected chi connectivity index (χ4v) is 2.39. The van der Waals surface area contributed by atoms with E-state index in [9.17, 15) is 9.18 Å². The summed E-state index contributed by atoms with van der Waals surface area (Å²) in [4.78, 5) is 11.9. The highest BCUT2D eigenvalue weighted by atomic mass is 32.1. The van der Waals surface area contributed by atoms with Crippen LogP contribution < -0.4 is 5.32 Å². The number of carbonyl (C=O) groups is 1. The molecule has 1 aromatic heterocycles. The van der Waals surface area contributed by atoms with Crippen LogP contribution in [0.15, 0.2) is 24.3 Å². The summed E-state index contributed by atoms with van der Waals surface area (Å²) in [7, 11) is 0. The molecule has 0 aliphatic rings. The minimum absolute atomic E-state index is 0.0940. The quantitative estimate of drug-likeness (QED) is 0.945. The van der Waals surface area contributed by atoms with Crippen LogP contribution in [-0.4, -0.2) is 16.1 Å². The number of carbonyl (C=O) groups excluding carboxylic acids is 1. The Morgan fingerprint density at radius 2 is 2.10 bits per heavy atom. The number of aromatic nitrogens is 2. The maximum atomic E-state index is 13.0. The first-order valence-corrected chi connectivity index (χ1v) is 7.04. The Balaban J connectivity index is 2.00. The van der Waals surface area contributed by atoms with Gasteiger partial charge in [-0.2, -0.15) is 0 Å². The predicted octanol–water partition coefficient (Wildman–Crippen LogP) is 3.16. The topological polar surface area (TPSA) is 54.9 Å². The summed E-state index contributed by atoms with van der Waals surface area (Å²) in [6, 6.07) is 5.99. The van der Waals surface area contributed by atoms with Crippen molar-refractivity contribution >= 4 is 22.4 Å². The lowest BCUT2D eigenvalue weighted by Gasteiger charge is -2.12. The summed E-state index contributed by atoms with van der Waals surface area (Å²) in [5, 5.41) is 12.0. The number of amides is 1. The van der Waals surface area contributed by atoms with Gasteiger partial charge in [-0.3, -0.25) is 4.79 Å². The molecule has 2 rings (SSSR count). The van der Waals surface area contributed by atoms with Gasteiger partial charge in [0.25, 0.3) is 0 Å². The van der Waals surface area contributed by atoms with Gasteiger partial charge in [0.05, 0.1) is 6.42 Å². The first kappa shape index (κ1) is 14.6. The molecule has 0 radical (unpaired) electrons. The number of nitrogens with zero attached hydrogens (tertiary/aromatic N) is 2. The van der Waals surface area contributed by atoms with Gasteiger partial charge in [-0.1, -0.05) is 44.2 Å². The van der Waals surface area contributed by atoms with Crippen LogP contribution in [0, 0.1) is 5.82 Å². The molecule has 0 fully saturated rings. The Hall–Kier alpha value is -1.82. The van der Waals surface area contributed by atoms with Gasteiger partial charge in [-0.15, -0.1) is 10.2 Å². The third-order valence-corrected chi connectivity index (χ3v) is 3.83. The third-order valence-electron chi connectivity index (χ3n) is 2.57. The number of halogens is 1. The molecule has 0 aliphatic carbocycles. The molecular weight excluding hydrogens is 277 g/mol. The van der Waals surface area contributed by atoms with E-state index in [-0.39, 0.29) is 23.6 Å². The second kappa shape index (κ2) is 5.66. The largest absolute Gasteiger partial charge is 0.300 e. The fraction of sp³-hybridized carbons (Fsp3) is 0.357. The molecule has 1 heterocycles. The second-order valence-corrected chi connectivity index (χ2v) is 6.49. The number of anilines is 1. The fourth-order valence-electron chi connectivity index (χ4n) is 1.57. The first-order valence-electron chi connectivity index (χ1n) is 6.23. The smallest absolute Gasteiger partial charge is 0.230 e. The van der Waals surface area contributed by atoms with Gasteiger partial charge in [-0.05, 0) is 17.7 Å². The number of rotatable bonds is 3. The minimum atomic E-state index is -0.346. The van der Waals surface area contributed by atoms with E-state index in [1.807, 2.05) is 20.8 Å². The highest BCUT2D eigenvalue weighted by Crippen LogP contribution is 2.27. The van der Waals surface area contributed by atoms with Crippen molar-refractivity contribution in [1.29, 1.82) is 0 Å². The van der Waals surface area contributed by atoms with E-state index in [0.717, 1.165) is 5.01 Å². The molecule has 20 heavy (non-hydrogen) atoms. The lowest BCUT2D eigenvalue weighted by atomic mass is 9.98. The van der Waals surface area contributed by atoms with E-state index in [4.69, 9.17) is 0 Å². The zero-order valence-corrected chi connectivity index (χ0v) is 12.4. The Morgan fingerprint density at radius 3 is 2.70 bits per heavy atom. The van der Waals surface area contributed by atoms with Crippen molar-refractivity contribution in [2.75, 3.05) is 5.32 Å². The van der Waals surface area contributed by atoms with Gasteiger partial charge in [0.1, 0.15) is 10.8 Å². The molecule has 1 amide bonds. The third kappa shape index (κ3) is 3.84. The van der Waals surface area contributed by atoms with Gasteiger partial charge in [0.15, 0.2) is 0 Å². The van der Waals surface area contributed by atoms with Gasteiger partial charge >= 0.3 is 0 Å². The molecule has 4 nitrogen and oxygen atoms in total. The van der Waals surface area contributed by atoms with E-state index in [2.05, 4.69) is 15.5 Å².